The molecule has 0 amide bonds. The second-order valence-corrected chi connectivity index (χ2v) is 3.53. The topological polar surface area (TPSA) is 50.2 Å². The second kappa shape index (κ2) is 4.99. The van der Waals surface area contributed by atoms with Crippen molar-refractivity contribution in [3.63, 3.8) is 0 Å². The van der Waals surface area contributed by atoms with Gasteiger partial charge in [-0.1, -0.05) is 13.0 Å². The van der Waals surface area contributed by atoms with Crippen LogP contribution in [0.3, 0.4) is 0 Å². The first-order valence-electron chi connectivity index (χ1n) is 4.03. The van der Waals surface area contributed by atoms with Gasteiger partial charge in [0.05, 0.1) is 12.3 Å². The molecule has 0 radical (unpaired) electrons. The van der Waals surface area contributed by atoms with Crippen LogP contribution in [0.25, 0.3) is 0 Å². The van der Waals surface area contributed by atoms with Gasteiger partial charge < -0.3 is 5.11 Å². The van der Waals surface area contributed by atoms with E-state index in [0.29, 0.717) is 17.1 Å². The number of aromatic nitrogens is 1. The van der Waals surface area contributed by atoms with Gasteiger partial charge in [0.1, 0.15) is 5.03 Å². The fourth-order valence-electron chi connectivity index (χ4n) is 0.791. The van der Waals surface area contributed by atoms with E-state index in [9.17, 15) is 4.79 Å². The van der Waals surface area contributed by atoms with E-state index >= 15 is 0 Å². The highest BCUT2D eigenvalue weighted by molar-refractivity contribution is 8.13. The van der Waals surface area contributed by atoms with Crippen molar-refractivity contribution < 1.29 is 9.90 Å². The number of thioether (sulfide) groups is 1. The average Bonchev–Trinajstić information content (AvgIpc) is 2.18. The van der Waals surface area contributed by atoms with E-state index in [1.54, 1.807) is 18.2 Å². The van der Waals surface area contributed by atoms with Gasteiger partial charge in [-0.3, -0.25) is 4.79 Å². The Hall–Kier alpha value is -0.870. The third-order valence-electron chi connectivity index (χ3n) is 1.45. The average molecular weight is 197 g/mol. The van der Waals surface area contributed by atoms with Crippen molar-refractivity contribution in [3.8, 4) is 0 Å². The highest BCUT2D eigenvalue weighted by atomic mass is 32.2. The molecule has 1 heterocycles. The Bertz CT molecular complexity index is 301. The summed E-state index contributed by atoms with van der Waals surface area (Å²) >= 11 is 1.11. The number of pyridine rings is 1. The van der Waals surface area contributed by atoms with Crippen LogP contribution in [0.4, 0.5) is 0 Å². The smallest absolute Gasteiger partial charge is 0.194 e. The summed E-state index contributed by atoms with van der Waals surface area (Å²) in [4.78, 5) is 15.1. The Balaban J connectivity index is 2.71. The number of nitrogens with zero attached hydrogens (tertiary/aromatic N) is 1. The Morgan fingerprint density at radius 1 is 1.62 bits per heavy atom. The van der Waals surface area contributed by atoms with E-state index in [1.165, 1.54) is 0 Å². The van der Waals surface area contributed by atoms with Gasteiger partial charge in [0.2, 0.25) is 0 Å². The number of hydrogen-bond donors (Lipinski definition) is 1. The molecule has 0 saturated carbocycles. The van der Waals surface area contributed by atoms with Crippen molar-refractivity contribution in [1.82, 2.24) is 4.98 Å². The number of aliphatic hydroxyl groups is 1. The van der Waals surface area contributed by atoms with Crippen LogP contribution in [0.5, 0.6) is 0 Å². The second-order valence-electron chi connectivity index (χ2n) is 2.45. The fraction of sp³-hybridized carbons (Fsp3) is 0.333. The van der Waals surface area contributed by atoms with Crippen molar-refractivity contribution >= 4 is 16.9 Å². The molecular formula is C9H11NO2S. The SMILES string of the molecule is CCC(=O)Sc1cccc(CO)n1. The molecule has 0 bridgehead atoms. The predicted molar refractivity (Wildman–Crippen MR) is 51.3 cm³/mol. The first-order chi connectivity index (χ1) is 6.26. The van der Waals surface area contributed by atoms with Gasteiger partial charge in [-0.25, -0.2) is 4.98 Å². The van der Waals surface area contributed by atoms with Crippen LogP contribution in [-0.2, 0) is 11.4 Å². The van der Waals surface area contributed by atoms with Crippen LogP contribution in [0, 0.1) is 0 Å². The molecule has 70 valence electrons. The van der Waals surface area contributed by atoms with Crippen molar-refractivity contribution in [2.24, 2.45) is 0 Å². The first kappa shape index (κ1) is 10.2. The number of rotatable bonds is 3. The van der Waals surface area contributed by atoms with Crippen molar-refractivity contribution in [1.29, 1.82) is 0 Å². The zero-order valence-electron chi connectivity index (χ0n) is 7.36. The molecule has 0 spiro atoms. The molecule has 0 aliphatic carbocycles. The molecule has 1 rings (SSSR count). The van der Waals surface area contributed by atoms with E-state index in [0.717, 1.165) is 11.8 Å². The molecule has 1 aromatic rings. The maximum absolute atomic E-state index is 11.0. The number of aliphatic hydroxyl groups excluding tert-OH is 1. The Morgan fingerprint density at radius 3 is 3.00 bits per heavy atom. The van der Waals surface area contributed by atoms with Crippen molar-refractivity contribution in [2.75, 3.05) is 0 Å². The number of hydrogen-bond acceptors (Lipinski definition) is 4. The van der Waals surface area contributed by atoms with Gasteiger partial charge in [0.15, 0.2) is 5.12 Å². The molecule has 3 nitrogen and oxygen atoms in total. The zero-order valence-corrected chi connectivity index (χ0v) is 8.17. The molecule has 0 atom stereocenters. The molecule has 0 fully saturated rings. The Kier molecular flexibility index (Phi) is 3.92. The minimum absolute atomic E-state index is 0.0857. The lowest BCUT2D eigenvalue weighted by Crippen LogP contribution is -1.93. The van der Waals surface area contributed by atoms with Crippen LogP contribution in [-0.4, -0.2) is 15.2 Å². The third kappa shape index (κ3) is 3.16. The quantitative estimate of drug-likeness (QED) is 0.748. The summed E-state index contributed by atoms with van der Waals surface area (Å²) < 4.78 is 0. The molecule has 0 aliphatic heterocycles. The summed E-state index contributed by atoms with van der Waals surface area (Å²) in [7, 11) is 0. The number of carbonyl (C=O) groups excluding carboxylic acids is 1. The van der Waals surface area contributed by atoms with E-state index in [1.807, 2.05) is 6.92 Å². The molecule has 0 unspecified atom stereocenters. The summed E-state index contributed by atoms with van der Waals surface area (Å²) in [6.07, 6.45) is 0.496. The van der Waals surface area contributed by atoms with Gasteiger partial charge in [0.25, 0.3) is 0 Å². The summed E-state index contributed by atoms with van der Waals surface area (Å²) in [5.41, 5.74) is 0.592. The first-order valence-corrected chi connectivity index (χ1v) is 4.85. The normalized spacial score (nSPS) is 10.0. The zero-order chi connectivity index (χ0) is 9.68. The van der Waals surface area contributed by atoms with Crippen LogP contribution < -0.4 is 0 Å². The molecule has 13 heavy (non-hydrogen) atoms. The highest BCUT2D eigenvalue weighted by Crippen LogP contribution is 2.17. The summed E-state index contributed by atoms with van der Waals surface area (Å²) in [6.45, 7) is 1.72. The van der Waals surface area contributed by atoms with E-state index in [2.05, 4.69) is 4.98 Å². The fourth-order valence-corrected chi connectivity index (χ4v) is 1.48. The maximum atomic E-state index is 11.0. The summed E-state index contributed by atoms with van der Waals surface area (Å²) in [6, 6.07) is 5.27. The van der Waals surface area contributed by atoms with Gasteiger partial charge in [0, 0.05) is 6.42 Å². The molecular weight excluding hydrogens is 186 g/mol. The monoisotopic (exact) mass is 197 g/mol. The van der Waals surface area contributed by atoms with E-state index in [-0.39, 0.29) is 11.7 Å². The number of carbonyl (C=O) groups is 1. The molecule has 0 saturated heterocycles. The predicted octanol–water partition coefficient (Wildman–Crippen LogP) is 1.60. The molecule has 0 aliphatic rings. The lowest BCUT2D eigenvalue weighted by Gasteiger charge is -1.99. The molecule has 0 aromatic carbocycles. The van der Waals surface area contributed by atoms with Gasteiger partial charge in [-0.15, -0.1) is 0 Å². The van der Waals surface area contributed by atoms with E-state index < -0.39 is 0 Å². The lowest BCUT2D eigenvalue weighted by molar-refractivity contribution is -0.110. The molecule has 1 N–H and O–H groups in total. The Morgan fingerprint density at radius 2 is 2.38 bits per heavy atom. The summed E-state index contributed by atoms with van der Waals surface area (Å²) in [5.74, 6) is 0. The maximum Gasteiger partial charge on any atom is 0.194 e. The van der Waals surface area contributed by atoms with Crippen LogP contribution >= 0.6 is 11.8 Å². The Labute approximate surface area is 81.2 Å². The van der Waals surface area contributed by atoms with Gasteiger partial charge in [-0.2, -0.15) is 0 Å². The third-order valence-corrected chi connectivity index (χ3v) is 2.40. The minimum Gasteiger partial charge on any atom is -0.390 e. The van der Waals surface area contributed by atoms with Crippen LogP contribution in [0.15, 0.2) is 23.2 Å². The minimum atomic E-state index is -0.0886. The van der Waals surface area contributed by atoms with Crippen LogP contribution in [0.1, 0.15) is 19.0 Å². The largest absolute Gasteiger partial charge is 0.390 e. The van der Waals surface area contributed by atoms with Gasteiger partial charge in [-0.05, 0) is 23.9 Å². The van der Waals surface area contributed by atoms with E-state index in [4.69, 9.17) is 5.11 Å². The highest BCUT2D eigenvalue weighted by Gasteiger charge is 2.03. The van der Waals surface area contributed by atoms with Crippen molar-refractivity contribution in [3.05, 3.63) is 23.9 Å². The lowest BCUT2D eigenvalue weighted by atomic mass is 10.4. The van der Waals surface area contributed by atoms with Crippen LogP contribution in [0.2, 0.25) is 0 Å². The molecule has 4 heteroatoms. The standard InChI is InChI=1S/C9H11NO2S/c1-2-9(12)13-8-5-3-4-7(6-11)10-8/h3-5,11H,2,6H2,1H3. The van der Waals surface area contributed by atoms with Gasteiger partial charge >= 0.3 is 0 Å². The van der Waals surface area contributed by atoms with Crippen molar-refractivity contribution in [2.45, 2.75) is 25.0 Å². The summed E-state index contributed by atoms with van der Waals surface area (Å²) in [5, 5.41) is 9.53. The molecule has 1 aromatic heterocycles.